The van der Waals surface area contributed by atoms with Crippen molar-refractivity contribution in [3.8, 4) is 0 Å². The zero-order chi connectivity index (χ0) is 18.1. The van der Waals surface area contributed by atoms with Crippen molar-refractivity contribution in [2.45, 2.75) is 18.6 Å². The number of rotatable bonds is 8. The minimum absolute atomic E-state index is 0.0692. The summed E-state index contributed by atoms with van der Waals surface area (Å²) in [6.07, 6.45) is 0.706. The summed E-state index contributed by atoms with van der Waals surface area (Å²) in [5.41, 5.74) is 9.11. The van der Waals surface area contributed by atoms with E-state index in [1.807, 2.05) is 36.4 Å². The second-order valence-electron chi connectivity index (χ2n) is 5.55. The molecular weight excluding hydrogens is 336 g/mol. The highest BCUT2D eigenvalue weighted by molar-refractivity contribution is 7.98. The minimum Gasteiger partial charge on any atom is -0.469 e. The van der Waals surface area contributed by atoms with Gasteiger partial charge in [0.25, 0.3) is 0 Å². The van der Waals surface area contributed by atoms with E-state index >= 15 is 0 Å². The summed E-state index contributed by atoms with van der Waals surface area (Å²) < 4.78 is 4.61. The van der Waals surface area contributed by atoms with Crippen LogP contribution in [-0.4, -0.2) is 24.7 Å². The molecule has 0 aliphatic rings. The van der Waals surface area contributed by atoms with Gasteiger partial charge in [-0.25, -0.2) is 0 Å². The van der Waals surface area contributed by atoms with Crippen molar-refractivity contribution in [3.63, 3.8) is 0 Å². The molecule has 0 aromatic heterocycles. The lowest BCUT2D eigenvalue weighted by atomic mass is 10.1. The number of carbonyl (C=O) groups is 2. The molecule has 0 radical (unpaired) electrons. The van der Waals surface area contributed by atoms with Crippen LogP contribution in [0.4, 0.5) is 11.4 Å². The predicted molar refractivity (Wildman–Crippen MR) is 102 cm³/mol. The van der Waals surface area contributed by atoms with E-state index in [1.54, 1.807) is 23.9 Å². The quantitative estimate of drug-likeness (QED) is 0.430. The zero-order valence-corrected chi connectivity index (χ0v) is 15.0. The monoisotopic (exact) mass is 358 g/mol. The first-order valence-electron chi connectivity index (χ1n) is 7.94. The van der Waals surface area contributed by atoms with Crippen LogP contribution in [0.3, 0.4) is 0 Å². The van der Waals surface area contributed by atoms with Crippen molar-refractivity contribution in [1.82, 2.24) is 0 Å². The fraction of sp³-hybridized carbons (Fsp3) is 0.263. The van der Waals surface area contributed by atoms with E-state index in [9.17, 15) is 9.59 Å². The van der Waals surface area contributed by atoms with Crippen LogP contribution in [0.5, 0.6) is 0 Å². The van der Waals surface area contributed by atoms with E-state index in [4.69, 9.17) is 5.73 Å². The molecule has 0 spiro atoms. The third-order valence-corrected chi connectivity index (χ3v) is 4.53. The van der Waals surface area contributed by atoms with E-state index in [2.05, 4.69) is 10.1 Å². The number of amides is 1. The molecule has 6 heteroatoms. The summed E-state index contributed by atoms with van der Waals surface area (Å²) in [7, 11) is 1.39. The summed E-state index contributed by atoms with van der Waals surface area (Å²) >= 11 is 1.66. The van der Waals surface area contributed by atoms with Gasteiger partial charge in [-0.2, -0.15) is 11.8 Å². The average Bonchev–Trinajstić information content (AvgIpc) is 2.60. The Morgan fingerprint density at radius 2 is 1.88 bits per heavy atom. The van der Waals surface area contributed by atoms with Crippen LogP contribution in [0.1, 0.15) is 17.5 Å². The Morgan fingerprint density at radius 3 is 2.60 bits per heavy atom. The van der Waals surface area contributed by atoms with Gasteiger partial charge in [0.2, 0.25) is 5.91 Å². The van der Waals surface area contributed by atoms with Gasteiger partial charge in [0, 0.05) is 22.9 Å². The van der Waals surface area contributed by atoms with Gasteiger partial charge in [0.15, 0.2) is 0 Å². The maximum absolute atomic E-state index is 12.1. The summed E-state index contributed by atoms with van der Waals surface area (Å²) in [5.74, 6) is 1.22. The van der Waals surface area contributed by atoms with E-state index in [1.165, 1.54) is 7.11 Å². The van der Waals surface area contributed by atoms with Gasteiger partial charge in [-0.15, -0.1) is 0 Å². The van der Waals surface area contributed by atoms with Crippen LogP contribution in [-0.2, 0) is 26.5 Å². The molecule has 0 aliphatic carbocycles. The lowest BCUT2D eigenvalue weighted by Crippen LogP contribution is -2.14. The van der Waals surface area contributed by atoms with Crippen LogP contribution >= 0.6 is 11.8 Å². The number of thioether (sulfide) groups is 1. The van der Waals surface area contributed by atoms with Crippen molar-refractivity contribution in [2.24, 2.45) is 0 Å². The molecule has 0 saturated heterocycles. The molecule has 1 amide bonds. The lowest BCUT2D eigenvalue weighted by molar-refractivity contribution is -0.140. The summed E-state index contributed by atoms with van der Waals surface area (Å²) in [6.45, 7) is 0. The van der Waals surface area contributed by atoms with Crippen LogP contribution in [0, 0.1) is 0 Å². The second-order valence-corrected chi connectivity index (χ2v) is 6.65. The number of hydrogen-bond acceptors (Lipinski definition) is 5. The normalized spacial score (nSPS) is 10.3. The highest BCUT2D eigenvalue weighted by atomic mass is 32.2. The maximum Gasteiger partial charge on any atom is 0.306 e. The Balaban J connectivity index is 1.82. The molecule has 132 valence electrons. The van der Waals surface area contributed by atoms with Gasteiger partial charge in [-0.3, -0.25) is 9.59 Å². The van der Waals surface area contributed by atoms with Crippen LogP contribution in [0.25, 0.3) is 0 Å². The predicted octanol–water partition coefficient (Wildman–Crippen LogP) is 3.25. The highest BCUT2D eigenvalue weighted by Crippen LogP contribution is 2.18. The van der Waals surface area contributed by atoms with Crippen molar-refractivity contribution in [1.29, 1.82) is 0 Å². The van der Waals surface area contributed by atoms with Crippen molar-refractivity contribution in [2.75, 3.05) is 23.9 Å². The molecule has 0 saturated carbocycles. The largest absolute Gasteiger partial charge is 0.469 e. The number of esters is 1. The van der Waals surface area contributed by atoms with Gasteiger partial charge in [0.05, 0.1) is 20.0 Å². The van der Waals surface area contributed by atoms with Crippen molar-refractivity contribution >= 4 is 35.0 Å². The molecule has 0 atom stereocenters. The molecule has 0 unspecified atom stereocenters. The van der Waals surface area contributed by atoms with Crippen LogP contribution < -0.4 is 11.1 Å². The molecule has 5 nitrogen and oxygen atoms in total. The average molecular weight is 358 g/mol. The highest BCUT2D eigenvalue weighted by Gasteiger charge is 2.05. The smallest absolute Gasteiger partial charge is 0.306 e. The molecule has 25 heavy (non-hydrogen) atoms. The Morgan fingerprint density at radius 1 is 1.12 bits per heavy atom. The third-order valence-electron chi connectivity index (χ3n) is 3.50. The fourth-order valence-corrected chi connectivity index (χ4v) is 3.08. The number of nitrogen functional groups attached to an aromatic ring is 1. The number of nitrogens with two attached hydrogens (primary N) is 1. The summed E-state index contributed by atoms with van der Waals surface area (Å²) in [4.78, 5) is 23.2. The Kier molecular flexibility index (Phi) is 7.35. The first kappa shape index (κ1) is 18.9. The molecule has 0 bridgehead atoms. The molecule has 2 aromatic carbocycles. The van der Waals surface area contributed by atoms with Gasteiger partial charge >= 0.3 is 5.97 Å². The Bertz CT molecular complexity index is 717. The molecule has 3 N–H and O–H groups in total. The Hall–Kier alpha value is -2.47. The molecule has 2 rings (SSSR count). The minimum atomic E-state index is -0.198. The van der Waals surface area contributed by atoms with Crippen molar-refractivity contribution in [3.05, 3.63) is 59.7 Å². The first-order chi connectivity index (χ1) is 12.1. The van der Waals surface area contributed by atoms with E-state index in [-0.39, 0.29) is 11.9 Å². The maximum atomic E-state index is 12.1. The number of nitrogens with one attached hydrogen (secondary N) is 1. The zero-order valence-electron chi connectivity index (χ0n) is 14.2. The summed E-state index contributed by atoms with van der Waals surface area (Å²) in [6, 6.07) is 15.0. The SMILES string of the molecule is COC(=O)CCSCc1cccc(NC(=O)Cc2ccc(N)cc2)c1. The van der Waals surface area contributed by atoms with E-state index < -0.39 is 0 Å². The van der Waals surface area contributed by atoms with E-state index in [0.29, 0.717) is 24.3 Å². The number of hydrogen-bond donors (Lipinski definition) is 2. The second kappa shape index (κ2) is 9.74. The fourth-order valence-electron chi connectivity index (χ4n) is 2.21. The Labute approximate surface area is 151 Å². The molecule has 0 heterocycles. The van der Waals surface area contributed by atoms with Gasteiger partial charge in [-0.1, -0.05) is 24.3 Å². The van der Waals surface area contributed by atoms with Gasteiger partial charge < -0.3 is 15.8 Å². The third kappa shape index (κ3) is 6.89. The summed E-state index contributed by atoms with van der Waals surface area (Å²) in [5, 5.41) is 2.91. The topological polar surface area (TPSA) is 81.4 Å². The molecule has 0 fully saturated rings. The van der Waals surface area contributed by atoms with E-state index in [0.717, 1.165) is 22.6 Å². The molecule has 0 aliphatic heterocycles. The molecular formula is C19H22N2O3S. The number of benzene rings is 2. The molecule has 2 aromatic rings. The van der Waals surface area contributed by atoms with Gasteiger partial charge in [-0.05, 0) is 35.4 Å². The number of methoxy groups -OCH3 is 1. The standard InChI is InChI=1S/C19H22N2O3S/c1-24-19(23)9-10-25-13-15-3-2-4-17(11-15)21-18(22)12-14-5-7-16(20)8-6-14/h2-8,11H,9-10,12-13,20H2,1H3,(H,21,22). The van der Waals surface area contributed by atoms with Gasteiger partial charge in [0.1, 0.15) is 0 Å². The lowest BCUT2D eigenvalue weighted by Gasteiger charge is -2.08. The van der Waals surface area contributed by atoms with Crippen LogP contribution in [0.15, 0.2) is 48.5 Å². The van der Waals surface area contributed by atoms with Crippen molar-refractivity contribution < 1.29 is 14.3 Å². The number of carbonyl (C=O) groups excluding carboxylic acids is 2. The van der Waals surface area contributed by atoms with Crippen LogP contribution in [0.2, 0.25) is 0 Å². The first-order valence-corrected chi connectivity index (χ1v) is 9.10. The number of ether oxygens (including phenoxy) is 1. The number of anilines is 2.